The van der Waals surface area contributed by atoms with Crippen molar-refractivity contribution in [3.05, 3.63) is 193 Å². The van der Waals surface area contributed by atoms with Gasteiger partial charge in [0.05, 0.1) is 6.04 Å². The fraction of sp³-hybridized carbons (Fsp3) is 0.0233. The summed E-state index contributed by atoms with van der Waals surface area (Å²) in [5.41, 5.74) is 11.4. The van der Waals surface area contributed by atoms with Crippen molar-refractivity contribution in [1.29, 1.82) is 0 Å². The molecule has 1 N–H and O–H groups in total. The van der Waals surface area contributed by atoms with Gasteiger partial charge in [-0.15, -0.1) is 0 Å². The summed E-state index contributed by atoms with van der Waals surface area (Å²) in [5.74, 6) is 0.853. The van der Waals surface area contributed by atoms with Gasteiger partial charge in [0, 0.05) is 29.2 Å². The van der Waals surface area contributed by atoms with Crippen molar-refractivity contribution < 1.29 is 0 Å². The maximum atomic E-state index is 5.25. The molecule has 2 heterocycles. The van der Waals surface area contributed by atoms with E-state index in [1.54, 1.807) is 6.20 Å². The number of hydrogen-bond acceptors (Lipinski definition) is 3. The zero-order valence-electron chi connectivity index (χ0n) is 25.2. The first-order valence-electron chi connectivity index (χ1n) is 15.6. The molecule has 3 nitrogen and oxygen atoms in total. The second-order valence-corrected chi connectivity index (χ2v) is 11.5. The SMILES string of the molecule is C1=C(c2cccc(-c3cccnc3)c2)NC(c2ccc(-c3cccc4ccccc34)cc2)=NC1c1ccc(-c2ccccc2)cc1. The van der Waals surface area contributed by atoms with E-state index >= 15 is 0 Å². The summed E-state index contributed by atoms with van der Waals surface area (Å²) < 4.78 is 0. The molecule has 0 amide bonds. The molecule has 218 valence electrons. The van der Waals surface area contributed by atoms with Crippen LogP contribution < -0.4 is 5.32 Å². The third-order valence-electron chi connectivity index (χ3n) is 8.63. The molecule has 0 saturated heterocycles. The highest BCUT2D eigenvalue weighted by Crippen LogP contribution is 2.33. The Hall–Kier alpha value is -6.06. The molecule has 1 aliphatic rings. The van der Waals surface area contributed by atoms with Gasteiger partial charge < -0.3 is 5.32 Å². The number of nitrogens with one attached hydrogen (secondary N) is 1. The normalized spacial score (nSPS) is 14.3. The first-order valence-corrected chi connectivity index (χ1v) is 15.6. The van der Waals surface area contributed by atoms with Gasteiger partial charge in [0.1, 0.15) is 5.84 Å². The first kappa shape index (κ1) is 27.5. The summed E-state index contributed by atoms with van der Waals surface area (Å²) in [6.07, 6.45) is 5.94. The molecule has 0 radical (unpaired) electrons. The third kappa shape index (κ3) is 5.51. The molecule has 0 fully saturated rings. The molecular formula is C43H31N3. The molecule has 1 unspecified atom stereocenters. The highest BCUT2D eigenvalue weighted by Gasteiger charge is 2.20. The Morgan fingerprint density at radius 3 is 1.96 bits per heavy atom. The van der Waals surface area contributed by atoms with Gasteiger partial charge >= 0.3 is 0 Å². The third-order valence-corrected chi connectivity index (χ3v) is 8.63. The zero-order chi connectivity index (χ0) is 30.7. The fourth-order valence-electron chi connectivity index (χ4n) is 6.21. The van der Waals surface area contributed by atoms with Gasteiger partial charge in [-0.05, 0) is 67.9 Å². The Labute approximate surface area is 269 Å². The van der Waals surface area contributed by atoms with E-state index in [2.05, 4.69) is 162 Å². The number of rotatable bonds is 6. The second kappa shape index (κ2) is 12.1. The smallest absolute Gasteiger partial charge is 0.133 e. The second-order valence-electron chi connectivity index (χ2n) is 11.5. The van der Waals surface area contributed by atoms with Gasteiger partial charge in [0.25, 0.3) is 0 Å². The van der Waals surface area contributed by atoms with E-state index in [9.17, 15) is 0 Å². The van der Waals surface area contributed by atoms with Crippen LogP contribution in [-0.2, 0) is 0 Å². The van der Waals surface area contributed by atoms with E-state index in [0.29, 0.717) is 0 Å². The van der Waals surface area contributed by atoms with E-state index in [4.69, 9.17) is 4.99 Å². The van der Waals surface area contributed by atoms with Gasteiger partial charge in [-0.3, -0.25) is 9.98 Å². The Kier molecular flexibility index (Phi) is 7.26. The maximum absolute atomic E-state index is 5.25. The number of amidine groups is 1. The zero-order valence-corrected chi connectivity index (χ0v) is 25.2. The molecule has 0 saturated carbocycles. The minimum Gasteiger partial charge on any atom is -0.340 e. The van der Waals surface area contributed by atoms with E-state index in [0.717, 1.165) is 39.3 Å². The van der Waals surface area contributed by atoms with Crippen LogP contribution >= 0.6 is 0 Å². The number of hydrogen-bond donors (Lipinski definition) is 1. The molecular weight excluding hydrogens is 558 g/mol. The summed E-state index contributed by atoms with van der Waals surface area (Å²) in [6.45, 7) is 0. The fourth-order valence-corrected chi connectivity index (χ4v) is 6.21. The summed E-state index contributed by atoms with van der Waals surface area (Å²) in [5, 5.41) is 6.18. The highest BCUT2D eigenvalue weighted by molar-refractivity contribution is 6.05. The lowest BCUT2D eigenvalue weighted by molar-refractivity contribution is 0.880. The molecule has 46 heavy (non-hydrogen) atoms. The van der Waals surface area contributed by atoms with Gasteiger partial charge in [0.2, 0.25) is 0 Å². The lowest BCUT2D eigenvalue weighted by atomic mass is 9.96. The van der Waals surface area contributed by atoms with E-state index < -0.39 is 0 Å². The van der Waals surface area contributed by atoms with Crippen molar-refractivity contribution in [3.63, 3.8) is 0 Å². The monoisotopic (exact) mass is 589 g/mol. The molecule has 6 aromatic carbocycles. The number of pyridine rings is 1. The predicted molar refractivity (Wildman–Crippen MR) is 191 cm³/mol. The topological polar surface area (TPSA) is 37.3 Å². The lowest BCUT2D eigenvalue weighted by Crippen LogP contribution is -2.27. The van der Waals surface area contributed by atoms with E-state index in [1.165, 1.54) is 33.0 Å². The number of fused-ring (bicyclic) bond motifs is 1. The van der Waals surface area contributed by atoms with Crippen LogP contribution in [0.1, 0.15) is 22.7 Å². The van der Waals surface area contributed by atoms with Crippen molar-refractivity contribution >= 4 is 22.3 Å². The largest absolute Gasteiger partial charge is 0.340 e. The molecule has 7 aromatic rings. The first-order chi connectivity index (χ1) is 22.8. The number of nitrogens with zero attached hydrogens (tertiary/aromatic N) is 2. The van der Waals surface area contributed by atoms with Gasteiger partial charge in [-0.1, -0.05) is 146 Å². The van der Waals surface area contributed by atoms with Crippen molar-refractivity contribution in [2.75, 3.05) is 0 Å². The van der Waals surface area contributed by atoms with Gasteiger partial charge in [0.15, 0.2) is 0 Å². The van der Waals surface area contributed by atoms with Crippen molar-refractivity contribution in [2.45, 2.75) is 6.04 Å². The van der Waals surface area contributed by atoms with Crippen LogP contribution in [0.3, 0.4) is 0 Å². The van der Waals surface area contributed by atoms with Crippen LogP contribution in [0.15, 0.2) is 181 Å². The van der Waals surface area contributed by atoms with Gasteiger partial charge in [-0.25, -0.2) is 0 Å². The Bertz CT molecular complexity index is 2190. The average molecular weight is 590 g/mol. The van der Waals surface area contributed by atoms with Crippen LogP contribution in [0.4, 0.5) is 0 Å². The molecule has 0 aliphatic carbocycles. The van der Waals surface area contributed by atoms with E-state index in [1.807, 2.05) is 18.3 Å². The maximum Gasteiger partial charge on any atom is 0.133 e. The summed E-state index contributed by atoms with van der Waals surface area (Å²) in [7, 11) is 0. The number of aromatic nitrogens is 1. The standard InChI is InChI=1S/C43H31N3/c1-2-9-30(10-3-1)31-18-22-34(23-19-31)41-28-42(37-14-6-13-36(27-37)38-15-8-26-44-29-38)46-43(45-41)35-24-20-33(21-25-35)40-17-7-12-32-11-4-5-16-39(32)40/h1-29,41H,(H,45,46). The van der Waals surface area contributed by atoms with Crippen LogP contribution in [0, 0.1) is 0 Å². The quantitative estimate of drug-likeness (QED) is 0.210. The molecule has 8 rings (SSSR count). The predicted octanol–water partition coefficient (Wildman–Crippen LogP) is 10.4. The summed E-state index contributed by atoms with van der Waals surface area (Å²) in [4.78, 5) is 9.58. The molecule has 1 atom stereocenters. The Morgan fingerprint density at radius 1 is 0.478 bits per heavy atom. The minimum absolute atomic E-state index is 0.143. The summed E-state index contributed by atoms with van der Waals surface area (Å²) >= 11 is 0. The van der Waals surface area contributed by atoms with Crippen LogP contribution in [-0.4, -0.2) is 10.8 Å². The van der Waals surface area contributed by atoms with Crippen molar-refractivity contribution in [2.24, 2.45) is 4.99 Å². The Morgan fingerprint density at radius 2 is 1.13 bits per heavy atom. The Balaban J connectivity index is 1.17. The van der Waals surface area contributed by atoms with Crippen molar-refractivity contribution in [3.8, 4) is 33.4 Å². The molecule has 0 bridgehead atoms. The van der Waals surface area contributed by atoms with Crippen LogP contribution in [0.25, 0.3) is 49.9 Å². The average Bonchev–Trinajstić information content (AvgIpc) is 3.15. The van der Waals surface area contributed by atoms with Crippen molar-refractivity contribution in [1.82, 2.24) is 10.3 Å². The van der Waals surface area contributed by atoms with E-state index in [-0.39, 0.29) is 6.04 Å². The summed E-state index contributed by atoms with van der Waals surface area (Å²) in [6, 6.07) is 55.6. The molecule has 1 aliphatic heterocycles. The van der Waals surface area contributed by atoms with Crippen LogP contribution in [0.5, 0.6) is 0 Å². The molecule has 0 spiro atoms. The lowest BCUT2D eigenvalue weighted by Gasteiger charge is -2.24. The molecule has 3 heteroatoms. The molecule has 1 aromatic heterocycles. The van der Waals surface area contributed by atoms with Crippen LogP contribution in [0.2, 0.25) is 0 Å². The van der Waals surface area contributed by atoms with Gasteiger partial charge in [-0.2, -0.15) is 0 Å². The number of aliphatic imine (C=N–C) groups is 1. The minimum atomic E-state index is -0.143. The number of benzene rings is 6. The highest BCUT2D eigenvalue weighted by atomic mass is 15.0.